The Morgan fingerprint density at radius 2 is 1.95 bits per heavy atom. The third kappa shape index (κ3) is 3.13. The molecule has 2 rings (SSSR count). The van der Waals surface area contributed by atoms with E-state index in [1.165, 1.54) is 12.1 Å². The largest absolute Gasteiger partial charge is 0.346 e. The lowest BCUT2D eigenvalue weighted by Gasteiger charge is -2.06. The number of carbonyl (C=O) groups is 1. The Balaban J connectivity index is 2.08. The lowest BCUT2D eigenvalue weighted by Crippen LogP contribution is -2.24. The number of nitrogens with one attached hydrogen (secondary N) is 1. The van der Waals surface area contributed by atoms with Gasteiger partial charge in [0.2, 0.25) is 0 Å². The van der Waals surface area contributed by atoms with Gasteiger partial charge in [-0.1, -0.05) is 12.1 Å². The molecular formula is C14H12F2N2O. The molecule has 1 aromatic carbocycles. The third-order valence-electron chi connectivity index (χ3n) is 2.57. The third-order valence-corrected chi connectivity index (χ3v) is 2.57. The van der Waals surface area contributed by atoms with Crippen LogP contribution in [0.5, 0.6) is 0 Å². The summed E-state index contributed by atoms with van der Waals surface area (Å²) in [5.41, 5.74) is 1.17. The maximum atomic E-state index is 13.4. The van der Waals surface area contributed by atoms with Crippen LogP contribution in [0.4, 0.5) is 8.78 Å². The van der Waals surface area contributed by atoms with Crippen LogP contribution in [0.25, 0.3) is 0 Å². The number of hydrogen-bond donors (Lipinski definition) is 1. The number of aryl methyl sites for hydroxylation is 1. The Hall–Kier alpha value is -2.30. The zero-order chi connectivity index (χ0) is 13.8. The molecular weight excluding hydrogens is 250 g/mol. The number of aromatic nitrogens is 1. The number of carbonyl (C=O) groups excluding carboxylic acids is 1. The van der Waals surface area contributed by atoms with Crippen LogP contribution in [0.2, 0.25) is 0 Å². The van der Waals surface area contributed by atoms with Gasteiger partial charge in [0.1, 0.15) is 0 Å². The standard InChI is InChI=1S/C14H12F2N2O/c1-9-4-2-5-10(18-9)8-17-14(19)11-6-3-7-12(15)13(11)16/h2-7H,8H2,1H3,(H,17,19). The monoisotopic (exact) mass is 262 g/mol. The van der Waals surface area contributed by atoms with Gasteiger partial charge in [0.25, 0.3) is 5.91 Å². The van der Waals surface area contributed by atoms with Crippen LogP contribution in [0, 0.1) is 18.6 Å². The molecule has 1 aromatic heterocycles. The molecule has 0 radical (unpaired) electrons. The number of rotatable bonds is 3. The van der Waals surface area contributed by atoms with E-state index in [4.69, 9.17) is 0 Å². The van der Waals surface area contributed by atoms with E-state index < -0.39 is 17.5 Å². The molecule has 0 bridgehead atoms. The van der Waals surface area contributed by atoms with Crippen LogP contribution < -0.4 is 5.32 Å². The van der Waals surface area contributed by atoms with Crippen molar-refractivity contribution in [3.8, 4) is 0 Å². The van der Waals surface area contributed by atoms with Crippen molar-refractivity contribution in [1.29, 1.82) is 0 Å². The molecule has 0 aliphatic heterocycles. The summed E-state index contributed by atoms with van der Waals surface area (Å²) in [5, 5.41) is 2.50. The van der Waals surface area contributed by atoms with Gasteiger partial charge in [-0.3, -0.25) is 9.78 Å². The average molecular weight is 262 g/mol. The number of nitrogens with zero attached hydrogens (tertiary/aromatic N) is 1. The van der Waals surface area contributed by atoms with E-state index in [0.29, 0.717) is 5.69 Å². The number of amides is 1. The molecule has 1 N–H and O–H groups in total. The minimum absolute atomic E-state index is 0.163. The van der Waals surface area contributed by atoms with Gasteiger partial charge in [0.15, 0.2) is 11.6 Å². The highest BCUT2D eigenvalue weighted by Gasteiger charge is 2.14. The maximum absolute atomic E-state index is 13.4. The molecule has 1 heterocycles. The molecule has 3 nitrogen and oxygen atoms in total. The second-order valence-electron chi connectivity index (χ2n) is 4.05. The minimum atomic E-state index is -1.14. The van der Waals surface area contributed by atoms with Crippen molar-refractivity contribution < 1.29 is 13.6 Å². The average Bonchev–Trinajstić information content (AvgIpc) is 2.39. The van der Waals surface area contributed by atoms with E-state index in [-0.39, 0.29) is 12.1 Å². The second-order valence-corrected chi connectivity index (χ2v) is 4.05. The van der Waals surface area contributed by atoms with Crippen LogP contribution in [0.1, 0.15) is 21.7 Å². The summed E-state index contributed by atoms with van der Waals surface area (Å²) in [5.74, 6) is -2.85. The molecule has 1 amide bonds. The first-order chi connectivity index (χ1) is 9.08. The second kappa shape index (κ2) is 5.56. The van der Waals surface area contributed by atoms with Crippen molar-refractivity contribution in [2.24, 2.45) is 0 Å². The quantitative estimate of drug-likeness (QED) is 0.923. The Kier molecular flexibility index (Phi) is 3.85. The molecule has 0 atom stereocenters. The SMILES string of the molecule is Cc1cccc(CNC(=O)c2cccc(F)c2F)n1. The van der Waals surface area contributed by atoms with Gasteiger partial charge in [0.05, 0.1) is 17.8 Å². The van der Waals surface area contributed by atoms with E-state index in [0.717, 1.165) is 11.8 Å². The number of halogens is 2. The number of hydrogen-bond acceptors (Lipinski definition) is 2. The van der Waals surface area contributed by atoms with E-state index >= 15 is 0 Å². The first-order valence-corrected chi connectivity index (χ1v) is 5.72. The van der Waals surface area contributed by atoms with Gasteiger partial charge in [-0.15, -0.1) is 0 Å². The minimum Gasteiger partial charge on any atom is -0.346 e. The van der Waals surface area contributed by atoms with Crippen molar-refractivity contribution in [2.45, 2.75) is 13.5 Å². The van der Waals surface area contributed by atoms with E-state index in [2.05, 4.69) is 10.3 Å². The van der Waals surface area contributed by atoms with Crippen molar-refractivity contribution in [1.82, 2.24) is 10.3 Å². The smallest absolute Gasteiger partial charge is 0.254 e. The van der Waals surface area contributed by atoms with Crippen LogP contribution >= 0.6 is 0 Å². The highest BCUT2D eigenvalue weighted by molar-refractivity contribution is 5.94. The molecule has 0 spiro atoms. The predicted octanol–water partition coefficient (Wildman–Crippen LogP) is 2.60. The normalized spacial score (nSPS) is 10.3. The van der Waals surface area contributed by atoms with Gasteiger partial charge in [-0.2, -0.15) is 0 Å². The van der Waals surface area contributed by atoms with Crippen LogP contribution in [-0.4, -0.2) is 10.9 Å². The Bertz CT molecular complexity index is 614. The lowest BCUT2D eigenvalue weighted by atomic mass is 10.2. The van der Waals surface area contributed by atoms with E-state index in [1.807, 2.05) is 19.1 Å². The molecule has 0 aliphatic rings. The predicted molar refractivity (Wildman–Crippen MR) is 66.5 cm³/mol. The highest BCUT2D eigenvalue weighted by atomic mass is 19.2. The van der Waals surface area contributed by atoms with Gasteiger partial charge >= 0.3 is 0 Å². The summed E-state index contributed by atoms with van der Waals surface area (Å²) in [6, 6.07) is 8.88. The fourth-order valence-electron chi connectivity index (χ4n) is 1.64. The van der Waals surface area contributed by atoms with E-state index in [1.54, 1.807) is 6.07 Å². The number of benzene rings is 1. The molecule has 0 saturated carbocycles. The van der Waals surface area contributed by atoms with Crippen LogP contribution in [0.3, 0.4) is 0 Å². The summed E-state index contributed by atoms with van der Waals surface area (Å²) >= 11 is 0. The van der Waals surface area contributed by atoms with Gasteiger partial charge in [-0.05, 0) is 31.2 Å². The Morgan fingerprint density at radius 3 is 2.68 bits per heavy atom. The van der Waals surface area contributed by atoms with Gasteiger partial charge in [-0.25, -0.2) is 8.78 Å². The zero-order valence-corrected chi connectivity index (χ0v) is 10.3. The molecule has 0 aliphatic carbocycles. The summed E-state index contributed by atoms with van der Waals surface area (Å²) in [4.78, 5) is 15.9. The fraction of sp³-hybridized carbons (Fsp3) is 0.143. The van der Waals surface area contributed by atoms with Crippen molar-refractivity contribution in [3.05, 3.63) is 65.0 Å². The molecule has 0 unspecified atom stereocenters. The molecule has 0 fully saturated rings. The Labute approximate surface area is 109 Å². The lowest BCUT2D eigenvalue weighted by molar-refractivity contribution is 0.0945. The molecule has 2 aromatic rings. The van der Waals surface area contributed by atoms with Crippen molar-refractivity contribution in [2.75, 3.05) is 0 Å². The maximum Gasteiger partial charge on any atom is 0.254 e. The van der Waals surface area contributed by atoms with Crippen molar-refractivity contribution >= 4 is 5.91 Å². The highest BCUT2D eigenvalue weighted by Crippen LogP contribution is 2.11. The van der Waals surface area contributed by atoms with Crippen LogP contribution in [-0.2, 0) is 6.54 Å². The van der Waals surface area contributed by atoms with E-state index in [9.17, 15) is 13.6 Å². The number of pyridine rings is 1. The Morgan fingerprint density at radius 1 is 1.21 bits per heavy atom. The summed E-state index contributed by atoms with van der Waals surface area (Å²) in [7, 11) is 0. The van der Waals surface area contributed by atoms with Gasteiger partial charge in [0, 0.05) is 5.69 Å². The summed E-state index contributed by atoms with van der Waals surface area (Å²) in [6.07, 6.45) is 0. The molecule has 98 valence electrons. The zero-order valence-electron chi connectivity index (χ0n) is 10.3. The first kappa shape index (κ1) is 13.1. The fourth-order valence-corrected chi connectivity index (χ4v) is 1.64. The van der Waals surface area contributed by atoms with Crippen LogP contribution in [0.15, 0.2) is 36.4 Å². The van der Waals surface area contributed by atoms with Crippen molar-refractivity contribution in [3.63, 3.8) is 0 Å². The summed E-state index contributed by atoms with van der Waals surface area (Å²) in [6.45, 7) is 1.99. The van der Waals surface area contributed by atoms with Gasteiger partial charge < -0.3 is 5.32 Å². The topological polar surface area (TPSA) is 42.0 Å². The summed E-state index contributed by atoms with van der Waals surface area (Å²) < 4.78 is 26.4. The first-order valence-electron chi connectivity index (χ1n) is 5.72. The molecule has 0 saturated heterocycles. The molecule has 5 heteroatoms. The molecule has 19 heavy (non-hydrogen) atoms.